The van der Waals surface area contributed by atoms with E-state index < -0.39 is 0 Å². The number of nitrogen functional groups attached to an aromatic ring is 1. The summed E-state index contributed by atoms with van der Waals surface area (Å²) in [6.07, 6.45) is 2.82. The van der Waals surface area contributed by atoms with Gasteiger partial charge in [0.25, 0.3) is 0 Å². The number of hydrogen-bond donors (Lipinski definition) is 1. The average Bonchev–Trinajstić information content (AvgIpc) is 2.41. The molecule has 0 fully saturated rings. The van der Waals surface area contributed by atoms with Gasteiger partial charge in [-0.2, -0.15) is 0 Å². The van der Waals surface area contributed by atoms with E-state index in [0.29, 0.717) is 13.2 Å². The Morgan fingerprint density at radius 3 is 2.79 bits per heavy atom. The number of rotatable bonds is 6. The predicted molar refractivity (Wildman–Crippen MR) is 77.5 cm³/mol. The first kappa shape index (κ1) is 13.6. The number of anilines is 1. The van der Waals surface area contributed by atoms with Gasteiger partial charge >= 0.3 is 0 Å². The Morgan fingerprint density at radius 2 is 2.00 bits per heavy atom. The number of fused-ring (bicyclic) bond motifs is 1. The normalized spacial score (nSPS) is 10.8. The summed E-state index contributed by atoms with van der Waals surface area (Å²) in [6.45, 7) is 5.96. The zero-order chi connectivity index (χ0) is 13.7. The minimum atomic E-state index is 0.542. The number of pyridine rings is 1. The molecule has 0 bridgehead atoms. The lowest BCUT2D eigenvalue weighted by molar-refractivity contribution is 0.101. The first-order valence-electron chi connectivity index (χ1n) is 6.57. The van der Waals surface area contributed by atoms with Gasteiger partial charge in [-0.25, -0.2) is 0 Å². The number of hydrogen-bond acceptors (Lipinski definition) is 4. The van der Waals surface area contributed by atoms with E-state index >= 15 is 0 Å². The molecule has 0 aliphatic rings. The van der Waals surface area contributed by atoms with Crippen LogP contribution in [0.15, 0.2) is 24.4 Å². The molecule has 0 aliphatic carbocycles. The molecule has 19 heavy (non-hydrogen) atoms. The van der Waals surface area contributed by atoms with Gasteiger partial charge in [-0.15, -0.1) is 0 Å². The Kier molecular flexibility index (Phi) is 4.58. The van der Waals surface area contributed by atoms with Crippen LogP contribution in [0, 0.1) is 6.92 Å². The fraction of sp³-hybridized carbons (Fsp3) is 0.400. The summed E-state index contributed by atoms with van der Waals surface area (Å²) in [4.78, 5) is 4.27. The third-order valence-electron chi connectivity index (χ3n) is 2.87. The van der Waals surface area contributed by atoms with Crippen molar-refractivity contribution in [3.63, 3.8) is 0 Å². The van der Waals surface area contributed by atoms with E-state index in [1.165, 1.54) is 0 Å². The highest BCUT2D eigenvalue weighted by Gasteiger charge is 2.06. The Bertz CT molecular complexity index is 555. The first-order valence-corrected chi connectivity index (χ1v) is 6.57. The van der Waals surface area contributed by atoms with E-state index in [1.807, 2.05) is 25.1 Å². The van der Waals surface area contributed by atoms with Crippen molar-refractivity contribution in [2.75, 3.05) is 25.6 Å². The van der Waals surface area contributed by atoms with Crippen LogP contribution in [0.2, 0.25) is 0 Å². The summed E-state index contributed by atoms with van der Waals surface area (Å²) >= 11 is 0. The van der Waals surface area contributed by atoms with Crippen LogP contribution >= 0.6 is 0 Å². The highest BCUT2D eigenvalue weighted by atomic mass is 16.5. The maximum absolute atomic E-state index is 5.95. The molecule has 2 aromatic rings. The summed E-state index contributed by atoms with van der Waals surface area (Å²) in [6, 6.07) is 5.74. The Morgan fingerprint density at radius 1 is 1.16 bits per heavy atom. The standard InChI is InChI=1S/C15H20N2O2/c1-3-6-18-7-8-19-15-5-4-14(16)13-10-17-11(2)9-12(13)15/h4-5,9-10H,3,6-8,16H2,1-2H3. The number of nitrogens with two attached hydrogens (primary N) is 1. The van der Waals surface area contributed by atoms with Crippen LogP contribution in [0.5, 0.6) is 5.75 Å². The number of ether oxygens (including phenoxy) is 2. The zero-order valence-corrected chi connectivity index (χ0v) is 11.5. The van der Waals surface area contributed by atoms with Crippen molar-refractivity contribution in [1.82, 2.24) is 4.98 Å². The van der Waals surface area contributed by atoms with Crippen LogP contribution in [0.4, 0.5) is 5.69 Å². The van der Waals surface area contributed by atoms with Crippen molar-refractivity contribution in [2.45, 2.75) is 20.3 Å². The molecule has 1 aromatic heterocycles. The lowest BCUT2D eigenvalue weighted by atomic mass is 10.1. The fourth-order valence-corrected chi connectivity index (χ4v) is 1.92. The minimum Gasteiger partial charge on any atom is -0.491 e. The number of nitrogens with zero attached hydrogens (tertiary/aromatic N) is 1. The van der Waals surface area contributed by atoms with Gasteiger partial charge in [0.05, 0.1) is 6.61 Å². The summed E-state index contributed by atoms with van der Waals surface area (Å²) in [5.74, 6) is 0.829. The van der Waals surface area contributed by atoms with Crippen LogP contribution in [-0.2, 0) is 4.74 Å². The molecule has 0 radical (unpaired) electrons. The molecule has 0 spiro atoms. The van der Waals surface area contributed by atoms with E-state index in [9.17, 15) is 0 Å². The molecule has 1 heterocycles. The Balaban J connectivity index is 2.14. The fourth-order valence-electron chi connectivity index (χ4n) is 1.92. The topological polar surface area (TPSA) is 57.4 Å². The van der Waals surface area contributed by atoms with Crippen LogP contribution in [0.3, 0.4) is 0 Å². The van der Waals surface area contributed by atoms with Gasteiger partial charge in [0.2, 0.25) is 0 Å². The third-order valence-corrected chi connectivity index (χ3v) is 2.87. The van der Waals surface area contributed by atoms with Crippen LogP contribution in [0.25, 0.3) is 10.8 Å². The van der Waals surface area contributed by atoms with Gasteiger partial charge in [-0.1, -0.05) is 6.92 Å². The van der Waals surface area contributed by atoms with Crippen LogP contribution < -0.4 is 10.5 Å². The molecule has 2 N–H and O–H groups in total. The molecule has 0 amide bonds. The number of aryl methyl sites for hydroxylation is 1. The number of aromatic nitrogens is 1. The maximum Gasteiger partial charge on any atom is 0.127 e. The predicted octanol–water partition coefficient (Wildman–Crippen LogP) is 2.93. The van der Waals surface area contributed by atoms with E-state index in [2.05, 4.69) is 11.9 Å². The SMILES string of the molecule is CCCOCCOc1ccc(N)c2cnc(C)cc12. The van der Waals surface area contributed by atoms with Crippen molar-refractivity contribution in [3.8, 4) is 5.75 Å². The molecular formula is C15H20N2O2. The van der Waals surface area contributed by atoms with E-state index in [-0.39, 0.29) is 0 Å². The van der Waals surface area contributed by atoms with Crippen molar-refractivity contribution < 1.29 is 9.47 Å². The van der Waals surface area contributed by atoms with E-state index in [4.69, 9.17) is 15.2 Å². The zero-order valence-electron chi connectivity index (χ0n) is 11.5. The van der Waals surface area contributed by atoms with Crippen LogP contribution in [-0.4, -0.2) is 24.8 Å². The second-order valence-corrected chi connectivity index (χ2v) is 4.49. The second kappa shape index (κ2) is 6.38. The highest BCUT2D eigenvalue weighted by Crippen LogP contribution is 2.29. The molecule has 0 atom stereocenters. The van der Waals surface area contributed by atoms with Crippen molar-refractivity contribution in [3.05, 3.63) is 30.1 Å². The molecule has 0 saturated heterocycles. The molecule has 0 unspecified atom stereocenters. The molecule has 0 saturated carbocycles. The lowest BCUT2D eigenvalue weighted by Gasteiger charge is -2.11. The Labute approximate surface area is 113 Å². The largest absolute Gasteiger partial charge is 0.491 e. The van der Waals surface area contributed by atoms with Crippen molar-refractivity contribution in [2.24, 2.45) is 0 Å². The molecule has 102 valence electrons. The van der Waals surface area contributed by atoms with E-state index in [1.54, 1.807) is 6.20 Å². The van der Waals surface area contributed by atoms with Crippen molar-refractivity contribution >= 4 is 16.5 Å². The summed E-state index contributed by atoms with van der Waals surface area (Å²) < 4.78 is 11.2. The maximum atomic E-state index is 5.95. The summed E-state index contributed by atoms with van der Waals surface area (Å²) in [7, 11) is 0. The number of benzene rings is 1. The monoisotopic (exact) mass is 260 g/mol. The Hall–Kier alpha value is -1.81. The molecular weight excluding hydrogens is 240 g/mol. The minimum absolute atomic E-state index is 0.542. The first-order chi connectivity index (χ1) is 9.22. The lowest BCUT2D eigenvalue weighted by Crippen LogP contribution is -2.07. The van der Waals surface area contributed by atoms with Gasteiger partial charge in [-0.05, 0) is 31.5 Å². The molecule has 0 aliphatic heterocycles. The van der Waals surface area contributed by atoms with Crippen LogP contribution in [0.1, 0.15) is 19.0 Å². The van der Waals surface area contributed by atoms with Gasteiger partial charge < -0.3 is 15.2 Å². The third kappa shape index (κ3) is 3.35. The summed E-state index contributed by atoms with van der Waals surface area (Å²) in [5.41, 5.74) is 7.62. The molecule has 4 nitrogen and oxygen atoms in total. The quantitative estimate of drug-likeness (QED) is 0.641. The van der Waals surface area contributed by atoms with Gasteiger partial charge in [0.1, 0.15) is 12.4 Å². The molecule has 2 rings (SSSR count). The van der Waals surface area contributed by atoms with E-state index in [0.717, 1.165) is 40.9 Å². The second-order valence-electron chi connectivity index (χ2n) is 4.49. The van der Waals surface area contributed by atoms with Crippen molar-refractivity contribution in [1.29, 1.82) is 0 Å². The molecule has 4 heteroatoms. The van der Waals surface area contributed by atoms with Gasteiger partial charge in [0, 0.05) is 35.0 Å². The highest BCUT2D eigenvalue weighted by molar-refractivity contribution is 5.96. The van der Waals surface area contributed by atoms with Gasteiger partial charge in [0.15, 0.2) is 0 Å². The van der Waals surface area contributed by atoms with Gasteiger partial charge in [-0.3, -0.25) is 4.98 Å². The molecule has 1 aromatic carbocycles. The summed E-state index contributed by atoms with van der Waals surface area (Å²) in [5, 5.41) is 1.93. The average molecular weight is 260 g/mol. The smallest absolute Gasteiger partial charge is 0.127 e.